The quantitative estimate of drug-likeness (QED) is 0.506. The molecule has 0 fully saturated rings. The predicted molar refractivity (Wildman–Crippen MR) is 109 cm³/mol. The van der Waals surface area contributed by atoms with Gasteiger partial charge in [-0.2, -0.15) is 0 Å². The van der Waals surface area contributed by atoms with Gasteiger partial charge in [0.25, 0.3) is 10.0 Å². The highest BCUT2D eigenvalue weighted by Gasteiger charge is 2.27. The lowest BCUT2D eigenvalue weighted by atomic mass is 10.2. The minimum absolute atomic E-state index is 0.0122. The maximum atomic E-state index is 13.5. The van der Waals surface area contributed by atoms with Crippen LogP contribution in [-0.2, 0) is 16.6 Å². The van der Waals surface area contributed by atoms with Gasteiger partial charge in [0.1, 0.15) is 11.6 Å². The van der Waals surface area contributed by atoms with Crippen molar-refractivity contribution in [2.75, 3.05) is 11.4 Å². The Morgan fingerprint density at radius 2 is 1.75 bits per heavy atom. The summed E-state index contributed by atoms with van der Waals surface area (Å²) in [7, 11) is -2.55. The number of methoxy groups -OCH3 is 1. The van der Waals surface area contributed by atoms with Crippen molar-refractivity contribution in [2.45, 2.75) is 11.4 Å². The minimum atomic E-state index is -4.07. The first-order valence-electron chi connectivity index (χ1n) is 8.18. The molecule has 3 aromatic rings. The van der Waals surface area contributed by atoms with Crippen molar-refractivity contribution in [2.24, 2.45) is 0 Å². The van der Waals surface area contributed by atoms with Crippen LogP contribution in [0.2, 0.25) is 10.0 Å². The average Bonchev–Trinajstić information content (AvgIpc) is 2.68. The predicted octanol–water partition coefficient (Wildman–Crippen LogP) is 5.54. The van der Waals surface area contributed by atoms with Gasteiger partial charge >= 0.3 is 0 Å². The summed E-state index contributed by atoms with van der Waals surface area (Å²) in [5, 5.41) is 0.110. The van der Waals surface area contributed by atoms with Gasteiger partial charge in [-0.15, -0.1) is 0 Å². The Labute approximate surface area is 173 Å². The van der Waals surface area contributed by atoms with Gasteiger partial charge in [-0.1, -0.05) is 47.5 Å². The zero-order valence-corrected chi connectivity index (χ0v) is 17.1. The van der Waals surface area contributed by atoms with E-state index in [4.69, 9.17) is 27.9 Å². The van der Waals surface area contributed by atoms with Crippen molar-refractivity contribution in [1.29, 1.82) is 0 Å². The molecule has 28 heavy (non-hydrogen) atoms. The molecule has 0 aliphatic carbocycles. The summed E-state index contributed by atoms with van der Waals surface area (Å²) in [6.45, 7) is -0.0122. The van der Waals surface area contributed by atoms with E-state index in [1.54, 1.807) is 48.5 Å². The first-order chi connectivity index (χ1) is 13.3. The summed E-state index contributed by atoms with van der Waals surface area (Å²) in [6.07, 6.45) is 0. The van der Waals surface area contributed by atoms with E-state index in [0.29, 0.717) is 22.0 Å². The van der Waals surface area contributed by atoms with E-state index >= 15 is 0 Å². The van der Waals surface area contributed by atoms with E-state index in [1.165, 1.54) is 17.5 Å². The Morgan fingerprint density at radius 1 is 1.00 bits per heavy atom. The SMILES string of the molecule is COc1ccccc1CN(c1cccc(Cl)c1)S(=O)(=O)c1ccc(F)c(Cl)c1. The molecule has 0 aliphatic rings. The second-order valence-corrected chi connectivity index (χ2v) is 8.59. The topological polar surface area (TPSA) is 46.6 Å². The fourth-order valence-electron chi connectivity index (χ4n) is 2.70. The van der Waals surface area contributed by atoms with Gasteiger partial charge in [0, 0.05) is 10.6 Å². The van der Waals surface area contributed by atoms with Gasteiger partial charge in [0.2, 0.25) is 0 Å². The van der Waals surface area contributed by atoms with Crippen LogP contribution in [0.15, 0.2) is 71.6 Å². The smallest absolute Gasteiger partial charge is 0.264 e. The Balaban J connectivity index is 2.14. The second kappa shape index (κ2) is 8.39. The number of halogens is 3. The van der Waals surface area contributed by atoms with Crippen LogP contribution in [0.4, 0.5) is 10.1 Å². The van der Waals surface area contributed by atoms with Crippen LogP contribution in [0.5, 0.6) is 5.75 Å². The van der Waals surface area contributed by atoms with Crippen molar-refractivity contribution in [3.05, 3.63) is 88.2 Å². The van der Waals surface area contributed by atoms with Gasteiger partial charge in [-0.3, -0.25) is 4.31 Å². The van der Waals surface area contributed by atoms with Gasteiger partial charge in [0.15, 0.2) is 0 Å². The number of rotatable bonds is 6. The van der Waals surface area contributed by atoms with Crippen LogP contribution in [0.1, 0.15) is 5.56 Å². The fourth-order valence-corrected chi connectivity index (χ4v) is 4.59. The monoisotopic (exact) mass is 439 g/mol. The standard InChI is InChI=1S/C20H16Cl2FNO3S/c1-27-20-8-3-2-5-14(20)13-24(16-7-4-6-15(21)11-16)28(25,26)17-9-10-19(23)18(22)12-17/h2-12H,13H2,1H3. The van der Waals surface area contributed by atoms with Crippen LogP contribution in [-0.4, -0.2) is 15.5 Å². The Hall–Kier alpha value is -2.28. The lowest BCUT2D eigenvalue weighted by Crippen LogP contribution is -2.30. The van der Waals surface area contributed by atoms with E-state index in [1.807, 2.05) is 0 Å². The highest BCUT2D eigenvalue weighted by Crippen LogP contribution is 2.31. The average molecular weight is 440 g/mol. The first kappa shape index (κ1) is 20.5. The van der Waals surface area contributed by atoms with Gasteiger partial charge in [-0.05, 0) is 42.5 Å². The minimum Gasteiger partial charge on any atom is -0.496 e. The summed E-state index contributed by atoms with van der Waals surface area (Å²) in [4.78, 5) is -0.131. The molecule has 0 saturated heterocycles. The molecule has 146 valence electrons. The molecule has 0 atom stereocenters. The zero-order chi connectivity index (χ0) is 20.3. The van der Waals surface area contributed by atoms with E-state index in [-0.39, 0.29) is 16.5 Å². The van der Waals surface area contributed by atoms with E-state index in [0.717, 1.165) is 12.1 Å². The Morgan fingerprint density at radius 3 is 2.43 bits per heavy atom. The number of benzene rings is 3. The maximum Gasteiger partial charge on any atom is 0.264 e. The number of hydrogen-bond donors (Lipinski definition) is 0. The summed E-state index contributed by atoms with van der Waals surface area (Å²) < 4.78 is 46.8. The van der Waals surface area contributed by atoms with Crippen LogP contribution in [0, 0.1) is 5.82 Å². The number of anilines is 1. The second-order valence-electron chi connectivity index (χ2n) is 5.88. The summed E-state index contributed by atoms with van der Waals surface area (Å²) in [5.74, 6) is -0.151. The largest absolute Gasteiger partial charge is 0.496 e. The van der Waals surface area contributed by atoms with Crippen molar-refractivity contribution in [3.8, 4) is 5.75 Å². The molecule has 0 spiro atoms. The number of hydrogen-bond acceptors (Lipinski definition) is 3. The molecule has 0 aromatic heterocycles. The fraction of sp³-hybridized carbons (Fsp3) is 0.100. The van der Waals surface area contributed by atoms with Crippen molar-refractivity contribution in [1.82, 2.24) is 0 Å². The lowest BCUT2D eigenvalue weighted by molar-refractivity contribution is 0.410. The molecule has 0 bridgehead atoms. The van der Waals surface area contributed by atoms with E-state index in [9.17, 15) is 12.8 Å². The maximum absolute atomic E-state index is 13.5. The molecule has 4 nitrogen and oxygen atoms in total. The molecule has 0 aliphatic heterocycles. The Kier molecular flexibility index (Phi) is 6.13. The summed E-state index contributed by atoms with van der Waals surface area (Å²) in [6, 6.07) is 16.8. The van der Waals surface area contributed by atoms with Gasteiger partial charge in [0.05, 0.1) is 29.3 Å². The number of nitrogens with zero attached hydrogens (tertiary/aromatic N) is 1. The molecule has 3 aromatic carbocycles. The number of para-hydroxylation sites is 1. The summed E-state index contributed by atoms with van der Waals surface area (Å²) >= 11 is 11.9. The van der Waals surface area contributed by atoms with Crippen molar-refractivity contribution < 1.29 is 17.5 Å². The van der Waals surface area contributed by atoms with E-state index < -0.39 is 15.8 Å². The number of ether oxygens (including phenoxy) is 1. The molecule has 0 unspecified atom stereocenters. The highest BCUT2D eigenvalue weighted by atomic mass is 35.5. The van der Waals surface area contributed by atoms with Crippen LogP contribution in [0.3, 0.4) is 0 Å². The third-order valence-corrected chi connectivity index (χ3v) is 6.38. The van der Waals surface area contributed by atoms with Crippen molar-refractivity contribution in [3.63, 3.8) is 0 Å². The van der Waals surface area contributed by atoms with Gasteiger partial charge < -0.3 is 4.74 Å². The van der Waals surface area contributed by atoms with E-state index in [2.05, 4.69) is 0 Å². The normalized spacial score (nSPS) is 11.3. The molecule has 0 radical (unpaired) electrons. The van der Waals surface area contributed by atoms with Crippen LogP contribution >= 0.6 is 23.2 Å². The molecule has 0 heterocycles. The summed E-state index contributed by atoms with van der Waals surface area (Å²) in [5.41, 5.74) is 1.01. The van der Waals surface area contributed by atoms with Gasteiger partial charge in [-0.25, -0.2) is 12.8 Å². The zero-order valence-electron chi connectivity index (χ0n) is 14.8. The molecule has 0 saturated carbocycles. The molecule has 8 heteroatoms. The first-order valence-corrected chi connectivity index (χ1v) is 10.4. The van der Waals surface area contributed by atoms with Crippen LogP contribution in [0.25, 0.3) is 0 Å². The lowest BCUT2D eigenvalue weighted by Gasteiger charge is -2.25. The van der Waals surface area contributed by atoms with Crippen LogP contribution < -0.4 is 9.04 Å². The molecular weight excluding hydrogens is 424 g/mol. The third-order valence-electron chi connectivity index (χ3n) is 4.08. The third kappa shape index (κ3) is 4.24. The molecule has 0 amide bonds. The molecular formula is C20H16Cl2FNO3S. The highest BCUT2D eigenvalue weighted by molar-refractivity contribution is 7.92. The number of sulfonamides is 1. The molecule has 3 rings (SSSR count). The molecule has 0 N–H and O–H groups in total. The van der Waals surface area contributed by atoms with Crippen molar-refractivity contribution >= 4 is 38.9 Å². The Bertz CT molecular complexity index is 1110.